The quantitative estimate of drug-likeness (QED) is 0.653. The van der Waals surface area contributed by atoms with E-state index < -0.39 is 0 Å². The zero-order valence-electron chi connectivity index (χ0n) is 13.9. The van der Waals surface area contributed by atoms with Crippen molar-refractivity contribution < 1.29 is 9.13 Å². The highest BCUT2D eigenvalue weighted by Crippen LogP contribution is 2.39. The van der Waals surface area contributed by atoms with Crippen LogP contribution in [-0.4, -0.2) is 12.6 Å². The lowest BCUT2D eigenvalue weighted by Gasteiger charge is -2.49. The molecule has 2 atom stereocenters. The van der Waals surface area contributed by atoms with Gasteiger partial charge in [-0.05, 0) is 35.4 Å². The molecule has 3 aromatic carbocycles. The van der Waals surface area contributed by atoms with Crippen molar-refractivity contribution in [2.45, 2.75) is 18.8 Å². The van der Waals surface area contributed by atoms with Crippen LogP contribution in [0.1, 0.15) is 17.2 Å². The van der Waals surface area contributed by atoms with Gasteiger partial charge in [-0.15, -0.1) is 0 Å². The van der Waals surface area contributed by atoms with Gasteiger partial charge in [0, 0.05) is 12.2 Å². The summed E-state index contributed by atoms with van der Waals surface area (Å²) < 4.78 is 19.5. The smallest absolute Gasteiger partial charge is 0.123 e. The highest BCUT2D eigenvalue weighted by Gasteiger charge is 2.40. The Labute approximate surface area is 147 Å². The summed E-state index contributed by atoms with van der Waals surface area (Å²) in [6.45, 7) is 1.42. The molecule has 0 radical (unpaired) electrons. The van der Waals surface area contributed by atoms with E-state index in [1.54, 1.807) is 0 Å². The second-order valence-corrected chi connectivity index (χ2v) is 6.32. The van der Waals surface area contributed by atoms with Crippen LogP contribution in [0, 0.1) is 5.82 Å². The van der Waals surface area contributed by atoms with E-state index in [-0.39, 0.29) is 18.0 Å². The van der Waals surface area contributed by atoms with E-state index in [2.05, 4.69) is 29.2 Å². The second-order valence-electron chi connectivity index (χ2n) is 6.32. The molecule has 126 valence electrons. The Morgan fingerprint density at radius 1 is 0.840 bits per heavy atom. The van der Waals surface area contributed by atoms with Crippen LogP contribution in [0.5, 0.6) is 0 Å². The zero-order valence-corrected chi connectivity index (χ0v) is 13.9. The Hall–Kier alpha value is -2.65. The summed E-state index contributed by atoms with van der Waals surface area (Å²) in [5.74, 6) is -0.212. The number of benzene rings is 3. The number of para-hydroxylation sites is 1. The lowest BCUT2D eigenvalue weighted by atomic mass is 9.90. The minimum atomic E-state index is -0.212. The molecule has 1 aliphatic rings. The molecule has 0 aromatic heterocycles. The van der Waals surface area contributed by atoms with Crippen LogP contribution in [0.15, 0.2) is 84.9 Å². The average Bonchev–Trinajstić information content (AvgIpc) is 2.64. The lowest BCUT2D eigenvalue weighted by molar-refractivity contribution is -0.00975. The van der Waals surface area contributed by atoms with E-state index in [1.165, 1.54) is 17.7 Å². The summed E-state index contributed by atoms with van der Waals surface area (Å²) in [6.07, 6.45) is 0.0888. The Morgan fingerprint density at radius 2 is 1.48 bits per heavy atom. The second kappa shape index (κ2) is 7.08. The molecule has 3 heteroatoms. The van der Waals surface area contributed by atoms with E-state index in [4.69, 9.17) is 4.74 Å². The van der Waals surface area contributed by atoms with Gasteiger partial charge in [0.25, 0.3) is 0 Å². The molecule has 0 bridgehead atoms. The molecule has 0 amide bonds. The molecule has 0 N–H and O–H groups in total. The molecule has 0 saturated carbocycles. The van der Waals surface area contributed by atoms with Gasteiger partial charge >= 0.3 is 0 Å². The number of anilines is 1. The van der Waals surface area contributed by atoms with Crippen LogP contribution in [0.3, 0.4) is 0 Å². The van der Waals surface area contributed by atoms with Crippen LogP contribution in [0.4, 0.5) is 10.1 Å². The molecule has 4 rings (SSSR count). The molecule has 0 spiro atoms. The van der Waals surface area contributed by atoms with Crippen molar-refractivity contribution in [3.8, 4) is 0 Å². The molecule has 1 fully saturated rings. The molecule has 1 heterocycles. The molecule has 1 saturated heterocycles. The number of halogens is 1. The van der Waals surface area contributed by atoms with E-state index in [1.807, 2.05) is 48.5 Å². The third-order valence-electron chi connectivity index (χ3n) is 4.67. The van der Waals surface area contributed by atoms with Gasteiger partial charge in [0.15, 0.2) is 0 Å². The molecule has 1 aliphatic heterocycles. The Bertz CT molecular complexity index is 802. The number of hydrogen-bond acceptors (Lipinski definition) is 2. The average molecular weight is 333 g/mol. The van der Waals surface area contributed by atoms with Crippen molar-refractivity contribution in [2.75, 3.05) is 11.4 Å². The van der Waals surface area contributed by atoms with E-state index in [0.717, 1.165) is 17.8 Å². The van der Waals surface area contributed by atoms with Gasteiger partial charge in [0.2, 0.25) is 0 Å². The standard InChI is InChI=1S/C22H20FNO/c23-19-13-11-18(12-14-19)22-21(25-16-17-7-3-1-4-8-17)15-24(22)20-9-5-2-6-10-20/h1-14,21-22H,15-16H2/t21-,22-/m0/s1. The summed E-state index contributed by atoms with van der Waals surface area (Å²) in [4.78, 5) is 2.31. The van der Waals surface area contributed by atoms with Gasteiger partial charge in [0.1, 0.15) is 5.82 Å². The van der Waals surface area contributed by atoms with Gasteiger partial charge in [0.05, 0.1) is 18.8 Å². The zero-order chi connectivity index (χ0) is 17.1. The minimum Gasteiger partial charge on any atom is -0.369 e. The van der Waals surface area contributed by atoms with E-state index in [9.17, 15) is 4.39 Å². The number of ether oxygens (including phenoxy) is 1. The Morgan fingerprint density at radius 3 is 2.16 bits per heavy atom. The SMILES string of the molecule is Fc1ccc([C@H]2[C@@H](OCc3ccccc3)CN2c2ccccc2)cc1. The molecular weight excluding hydrogens is 313 g/mol. The molecule has 25 heavy (non-hydrogen) atoms. The number of rotatable bonds is 5. The van der Waals surface area contributed by atoms with Gasteiger partial charge in [-0.3, -0.25) is 0 Å². The van der Waals surface area contributed by atoms with Crippen LogP contribution >= 0.6 is 0 Å². The van der Waals surface area contributed by atoms with Gasteiger partial charge in [-0.1, -0.05) is 60.7 Å². The molecule has 2 nitrogen and oxygen atoms in total. The van der Waals surface area contributed by atoms with Gasteiger partial charge in [-0.25, -0.2) is 4.39 Å². The maximum absolute atomic E-state index is 13.3. The maximum atomic E-state index is 13.3. The molecule has 0 unspecified atom stereocenters. The molecule has 3 aromatic rings. The summed E-state index contributed by atoms with van der Waals surface area (Å²) in [6, 6.07) is 27.3. The Kier molecular flexibility index (Phi) is 4.49. The summed E-state index contributed by atoms with van der Waals surface area (Å²) in [5, 5.41) is 0. The first-order valence-electron chi connectivity index (χ1n) is 8.54. The topological polar surface area (TPSA) is 12.5 Å². The van der Waals surface area contributed by atoms with E-state index >= 15 is 0 Å². The fraction of sp³-hybridized carbons (Fsp3) is 0.182. The predicted molar refractivity (Wildman–Crippen MR) is 97.9 cm³/mol. The number of nitrogens with zero attached hydrogens (tertiary/aromatic N) is 1. The first-order valence-corrected chi connectivity index (χ1v) is 8.54. The van der Waals surface area contributed by atoms with Crippen molar-refractivity contribution >= 4 is 5.69 Å². The van der Waals surface area contributed by atoms with Gasteiger partial charge < -0.3 is 9.64 Å². The van der Waals surface area contributed by atoms with E-state index in [0.29, 0.717) is 6.61 Å². The predicted octanol–water partition coefficient (Wildman–Crippen LogP) is 4.97. The van der Waals surface area contributed by atoms with Crippen molar-refractivity contribution in [3.63, 3.8) is 0 Å². The molecule has 0 aliphatic carbocycles. The molecular formula is C22H20FNO. The van der Waals surface area contributed by atoms with Crippen LogP contribution in [-0.2, 0) is 11.3 Å². The monoisotopic (exact) mass is 333 g/mol. The Balaban J connectivity index is 1.54. The van der Waals surface area contributed by atoms with Crippen LogP contribution < -0.4 is 4.90 Å². The van der Waals surface area contributed by atoms with Crippen molar-refractivity contribution in [2.24, 2.45) is 0 Å². The van der Waals surface area contributed by atoms with Crippen molar-refractivity contribution in [1.82, 2.24) is 0 Å². The van der Waals surface area contributed by atoms with Crippen LogP contribution in [0.25, 0.3) is 0 Å². The third kappa shape index (κ3) is 3.42. The number of hydrogen-bond donors (Lipinski definition) is 0. The first-order chi connectivity index (χ1) is 12.3. The maximum Gasteiger partial charge on any atom is 0.123 e. The third-order valence-corrected chi connectivity index (χ3v) is 4.67. The van der Waals surface area contributed by atoms with Crippen LogP contribution in [0.2, 0.25) is 0 Å². The normalized spacial score (nSPS) is 19.5. The largest absolute Gasteiger partial charge is 0.369 e. The summed E-state index contributed by atoms with van der Waals surface area (Å²) in [5.41, 5.74) is 3.41. The summed E-state index contributed by atoms with van der Waals surface area (Å²) >= 11 is 0. The highest BCUT2D eigenvalue weighted by atomic mass is 19.1. The van der Waals surface area contributed by atoms with Crippen molar-refractivity contribution in [1.29, 1.82) is 0 Å². The fourth-order valence-corrected chi connectivity index (χ4v) is 3.33. The highest BCUT2D eigenvalue weighted by molar-refractivity contribution is 5.53. The summed E-state index contributed by atoms with van der Waals surface area (Å²) in [7, 11) is 0. The first kappa shape index (κ1) is 15.9. The van der Waals surface area contributed by atoms with Crippen molar-refractivity contribution in [3.05, 3.63) is 102 Å². The van der Waals surface area contributed by atoms with Gasteiger partial charge in [-0.2, -0.15) is 0 Å². The minimum absolute atomic E-state index is 0.0888. The lowest BCUT2D eigenvalue weighted by Crippen LogP contribution is -2.55. The fourth-order valence-electron chi connectivity index (χ4n) is 3.33.